The SMILES string of the molecule is COc1ncc(N2CC3(CCN(c4cnc5cnn(CC(F)F)c5n4)C3)C2)cn1. The Morgan fingerprint density at radius 3 is 2.55 bits per heavy atom. The van der Waals surface area contributed by atoms with Gasteiger partial charge in [-0.15, -0.1) is 0 Å². The summed E-state index contributed by atoms with van der Waals surface area (Å²) in [6.45, 7) is 3.06. The van der Waals surface area contributed by atoms with Gasteiger partial charge in [-0.05, 0) is 6.42 Å². The lowest BCUT2D eigenvalue weighted by molar-refractivity contribution is 0.123. The van der Waals surface area contributed by atoms with Crippen LogP contribution in [0.25, 0.3) is 11.2 Å². The van der Waals surface area contributed by atoms with E-state index >= 15 is 0 Å². The highest BCUT2D eigenvalue weighted by Crippen LogP contribution is 2.42. The van der Waals surface area contributed by atoms with Gasteiger partial charge in [0.25, 0.3) is 6.43 Å². The summed E-state index contributed by atoms with van der Waals surface area (Å²) in [5.41, 5.74) is 2.08. The Balaban J connectivity index is 1.28. The van der Waals surface area contributed by atoms with Crippen molar-refractivity contribution in [1.82, 2.24) is 29.7 Å². The molecule has 0 aromatic carbocycles. The molecule has 9 nitrogen and oxygen atoms in total. The van der Waals surface area contributed by atoms with E-state index in [9.17, 15) is 8.78 Å². The van der Waals surface area contributed by atoms with Gasteiger partial charge < -0.3 is 14.5 Å². The van der Waals surface area contributed by atoms with Gasteiger partial charge in [-0.3, -0.25) is 0 Å². The molecule has 2 aliphatic rings. The van der Waals surface area contributed by atoms with E-state index in [0.717, 1.165) is 38.3 Å². The number of nitrogens with zero attached hydrogens (tertiary/aromatic N) is 8. The number of ether oxygens (including phenoxy) is 1. The molecule has 0 aliphatic carbocycles. The molecular weight excluding hydrogens is 382 g/mol. The van der Waals surface area contributed by atoms with E-state index in [1.807, 2.05) is 0 Å². The van der Waals surface area contributed by atoms with E-state index < -0.39 is 13.0 Å². The Morgan fingerprint density at radius 1 is 1.07 bits per heavy atom. The van der Waals surface area contributed by atoms with Crippen molar-refractivity contribution in [2.24, 2.45) is 5.41 Å². The van der Waals surface area contributed by atoms with E-state index in [2.05, 4.69) is 34.8 Å². The van der Waals surface area contributed by atoms with Crippen LogP contribution in [-0.2, 0) is 6.54 Å². The van der Waals surface area contributed by atoms with Crippen LogP contribution in [0.2, 0.25) is 0 Å². The van der Waals surface area contributed by atoms with Crippen LogP contribution in [-0.4, -0.2) is 69.4 Å². The maximum Gasteiger partial charge on any atom is 0.316 e. The summed E-state index contributed by atoms with van der Waals surface area (Å²) in [5.74, 6) is 0.705. The average molecular weight is 402 g/mol. The van der Waals surface area contributed by atoms with E-state index in [-0.39, 0.29) is 5.41 Å². The summed E-state index contributed by atoms with van der Waals surface area (Å²) in [7, 11) is 1.54. The Kier molecular flexibility index (Phi) is 4.18. The molecule has 0 unspecified atom stereocenters. The molecule has 0 amide bonds. The largest absolute Gasteiger partial charge is 0.467 e. The van der Waals surface area contributed by atoms with Crippen LogP contribution in [0.1, 0.15) is 6.42 Å². The first kappa shape index (κ1) is 18.0. The molecule has 11 heteroatoms. The van der Waals surface area contributed by atoms with Gasteiger partial charge in [0, 0.05) is 31.6 Å². The van der Waals surface area contributed by atoms with Crippen molar-refractivity contribution in [2.75, 3.05) is 43.1 Å². The second-order valence-corrected chi connectivity index (χ2v) is 7.61. The van der Waals surface area contributed by atoms with Crippen molar-refractivity contribution in [2.45, 2.75) is 19.4 Å². The molecular formula is C18H20F2N8O. The number of halogens is 2. The Labute approximate surface area is 165 Å². The van der Waals surface area contributed by atoms with Crippen LogP contribution < -0.4 is 14.5 Å². The third kappa shape index (κ3) is 3.19. The maximum atomic E-state index is 12.8. The number of anilines is 2. The minimum absolute atomic E-state index is 0.180. The first-order valence-corrected chi connectivity index (χ1v) is 9.38. The third-order valence-electron chi connectivity index (χ3n) is 5.62. The molecule has 5 heterocycles. The summed E-state index contributed by atoms with van der Waals surface area (Å²) >= 11 is 0. The lowest BCUT2D eigenvalue weighted by atomic mass is 9.79. The average Bonchev–Trinajstić information content (AvgIpc) is 3.31. The van der Waals surface area contributed by atoms with Gasteiger partial charge in [-0.25, -0.2) is 33.4 Å². The molecule has 152 valence electrons. The van der Waals surface area contributed by atoms with E-state index in [0.29, 0.717) is 23.0 Å². The molecule has 2 fully saturated rings. The maximum absolute atomic E-state index is 12.8. The van der Waals surface area contributed by atoms with Gasteiger partial charge in [0.2, 0.25) is 0 Å². The zero-order chi connectivity index (χ0) is 20.0. The predicted octanol–water partition coefficient (Wildman–Crippen LogP) is 1.61. The van der Waals surface area contributed by atoms with Crippen molar-refractivity contribution >= 4 is 22.7 Å². The van der Waals surface area contributed by atoms with E-state index in [1.165, 1.54) is 10.9 Å². The summed E-state index contributed by atoms with van der Waals surface area (Å²) < 4.78 is 31.7. The van der Waals surface area contributed by atoms with Crippen LogP contribution in [0.3, 0.4) is 0 Å². The highest BCUT2D eigenvalue weighted by Gasteiger charge is 2.48. The van der Waals surface area contributed by atoms with Crippen LogP contribution in [0.15, 0.2) is 24.8 Å². The number of hydrogen-bond acceptors (Lipinski definition) is 8. The molecule has 0 N–H and O–H groups in total. The molecule has 0 saturated carbocycles. The topological polar surface area (TPSA) is 85.1 Å². The fourth-order valence-electron chi connectivity index (χ4n) is 4.17. The molecule has 3 aromatic heterocycles. The van der Waals surface area contributed by atoms with Crippen molar-refractivity contribution in [3.05, 3.63) is 24.8 Å². The number of rotatable bonds is 5. The lowest BCUT2D eigenvalue weighted by Gasteiger charge is -2.49. The minimum Gasteiger partial charge on any atom is -0.467 e. The lowest BCUT2D eigenvalue weighted by Crippen LogP contribution is -2.57. The fraction of sp³-hybridized carbons (Fsp3) is 0.500. The first-order valence-electron chi connectivity index (χ1n) is 9.38. The number of aromatic nitrogens is 6. The van der Waals surface area contributed by atoms with Crippen molar-refractivity contribution in [1.29, 1.82) is 0 Å². The van der Waals surface area contributed by atoms with Crippen molar-refractivity contribution < 1.29 is 13.5 Å². The molecule has 1 spiro atoms. The standard InChI is InChI=1S/C18H20F2N8O/c1-29-17-22-4-12(5-23-17)27-10-18(11-27)2-3-26(9-18)15-7-21-13-6-24-28(8-14(19)20)16(13)25-15/h4-7,14H,2-3,8-11H2,1H3. The Morgan fingerprint density at radius 2 is 1.83 bits per heavy atom. The molecule has 0 atom stereocenters. The number of methoxy groups -OCH3 is 1. The molecule has 0 bridgehead atoms. The van der Waals surface area contributed by atoms with Crippen LogP contribution >= 0.6 is 0 Å². The van der Waals surface area contributed by atoms with Crippen molar-refractivity contribution in [3.63, 3.8) is 0 Å². The summed E-state index contributed by atoms with van der Waals surface area (Å²) in [6, 6.07) is 0.357. The molecule has 5 rings (SSSR count). The van der Waals surface area contributed by atoms with Crippen LogP contribution in [0, 0.1) is 5.41 Å². The van der Waals surface area contributed by atoms with E-state index in [4.69, 9.17) is 4.74 Å². The fourth-order valence-corrected chi connectivity index (χ4v) is 4.17. The first-order chi connectivity index (χ1) is 14.0. The van der Waals surface area contributed by atoms with Gasteiger partial charge >= 0.3 is 6.01 Å². The molecule has 3 aromatic rings. The number of alkyl halides is 2. The number of fused-ring (bicyclic) bond motifs is 1. The van der Waals surface area contributed by atoms with Gasteiger partial charge in [0.1, 0.15) is 17.9 Å². The normalized spacial score (nSPS) is 18.1. The third-order valence-corrected chi connectivity index (χ3v) is 5.62. The minimum atomic E-state index is -2.48. The molecule has 2 aliphatic heterocycles. The van der Waals surface area contributed by atoms with Gasteiger partial charge in [0.05, 0.1) is 37.6 Å². The molecule has 2 saturated heterocycles. The summed E-state index contributed by atoms with van der Waals surface area (Å²) in [5, 5.41) is 3.98. The predicted molar refractivity (Wildman–Crippen MR) is 101 cm³/mol. The Hall–Kier alpha value is -3.11. The Bertz CT molecular complexity index is 1020. The summed E-state index contributed by atoms with van der Waals surface area (Å²) in [6.07, 6.45) is 5.27. The van der Waals surface area contributed by atoms with Crippen LogP contribution in [0.5, 0.6) is 6.01 Å². The second-order valence-electron chi connectivity index (χ2n) is 7.61. The zero-order valence-corrected chi connectivity index (χ0v) is 15.9. The van der Waals surface area contributed by atoms with Gasteiger partial charge in [-0.1, -0.05) is 0 Å². The zero-order valence-electron chi connectivity index (χ0n) is 15.9. The second kappa shape index (κ2) is 6.75. The van der Waals surface area contributed by atoms with E-state index in [1.54, 1.807) is 25.7 Å². The smallest absolute Gasteiger partial charge is 0.316 e. The highest BCUT2D eigenvalue weighted by atomic mass is 19.3. The molecule has 0 radical (unpaired) electrons. The number of hydrogen-bond donors (Lipinski definition) is 0. The van der Waals surface area contributed by atoms with Crippen molar-refractivity contribution in [3.8, 4) is 6.01 Å². The summed E-state index contributed by atoms with van der Waals surface area (Å²) in [4.78, 5) is 21.7. The van der Waals surface area contributed by atoms with Gasteiger partial charge in [0.15, 0.2) is 5.65 Å². The highest BCUT2D eigenvalue weighted by molar-refractivity contribution is 5.71. The molecule has 29 heavy (non-hydrogen) atoms. The monoisotopic (exact) mass is 402 g/mol. The van der Waals surface area contributed by atoms with Crippen LogP contribution in [0.4, 0.5) is 20.3 Å². The quantitative estimate of drug-likeness (QED) is 0.636. The van der Waals surface area contributed by atoms with Gasteiger partial charge in [-0.2, -0.15) is 5.10 Å².